The fourth-order valence-electron chi connectivity index (χ4n) is 3.71. The summed E-state index contributed by atoms with van der Waals surface area (Å²) in [7, 11) is -2.20. The highest BCUT2D eigenvalue weighted by molar-refractivity contribution is 7.94. The van der Waals surface area contributed by atoms with E-state index in [1.807, 2.05) is 0 Å². The van der Waals surface area contributed by atoms with E-state index < -0.39 is 15.7 Å². The first-order valence-electron chi connectivity index (χ1n) is 10.8. The van der Waals surface area contributed by atoms with E-state index in [1.165, 1.54) is 25.3 Å². The minimum absolute atomic E-state index is 0.00233. The molecule has 1 aliphatic heterocycles. The van der Waals surface area contributed by atoms with E-state index in [2.05, 4.69) is 5.32 Å². The van der Waals surface area contributed by atoms with Crippen molar-refractivity contribution in [2.75, 3.05) is 26.7 Å². The Morgan fingerprint density at radius 3 is 2.68 bits per heavy atom. The van der Waals surface area contributed by atoms with Gasteiger partial charge in [0.15, 0.2) is 9.84 Å². The Hall–Kier alpha value is -2.91. The molecule has 0 aliphatic carbocycles. The zero-order chi connectivity index (χ0) is 24.7. The molecule has 3 rings (SSSR count). The number of carbonyl (C=O) groups excluding carboxylic acids is 2. The summed E-state index contributed by atoms with van der Waals surface area (Å²) in [5.41, 5.74) is 0.351. The van der Waals surface area contributed by atoms with Crippen molar-refractivity contribution < 1.29 is 27.1 Å². The second kappa shape index (κ2) is 11.5. The topological polar surface area (TPSA) is 92.8 Å². The van der Waals surface area contributed by atoms with Gasteiger partial charge in [-0.3, -0.25) is 9.59 Å². The third-order valence-electron chi connectivity index (χ3n) is 5.50. The number of nitrogens with one attached hydrogen (secondary N) is 1. The zero-order valence-electron chi connectivity index (χ0n) is 18.7. The lowest BCUT2D eigenvalue weighted by Gasteiger charge is -2.32. The molecule has 0 saturated carbocycles. The molecule has 0 bridgehead atoms. The van der Waals surface area contributed by atoms with Crippen LogP contribution in [-0.4, -0.2) is 51.9 Å². The average molecular weight is 509 g/mol. The van der Waals surface area contributed by atoms with Crippen LogP contribution in [0.2, 0.25) is 5.02 Å². The number of halogens is 2. The number of hydrogen-bond acceptors (Lipinski definition) is 5. The number of carbonyl (C=O) groups is 2. The first-order chi connectivity index (χ1) is 16.2. The maximum absolute atomic E-state index is 13.0. The predicted octanol–water partition coefficient (Wildman–Crippen LogP) is 3.83. The van der Waals surface area contributed by atoms with Gasteiger partial charge in [-0.25, -0.2) is 12.8 Å². The Bertz CT molecular complexity index is 1170. The molecular weight excluding hydrogens is 483 g/mol. The molecule has 1 aliphatic rings. The van der Waals surface area contributed by atoms with Gasteiger partial charge in [-0.15, -0.1) is 0 Å². The fraction of sp³-hybridized carbons (Fsp3) is 0.333. The molecule has 2 aromatic rings. The van der Waals surface area contributed by atoms with E-state index in [9.17, 15) is 22.4 Å². The minimum Gasteiger partial charge on any atom is -0.496 e. The molecule has 1 saturated heterocycles. The zero-order valence-corrected chi connectivity index (χ0v) is 20.2. The van der Waals surface area contributed by atoms with Crippen LogP contribution < -0.4 is 10.1 Å². The quantitative estimate of drug-likeness (QED) is 0.432. The summed E-state index contributed by atoms with van der Waals surface area (Å²) in [6.45, 7) is 1.05. The first-order valence-corrected chi connectivity index (χ1v) is 12.7. The molecule has 34 heavy (non-hydrogen) atoms. The Kier molecular flexibility index (Phi) is 8.68. The molecule has 1 fully saturated rings. The Morgan fingerprint density at radius 1 is 1.24 bits per heavy atom. The maximum Gasteiger partial charge on any atom is 0.257 e. The van der Waals surface area contributed by atoms with Crippen LogP contribution in [-0.2, 0) is 14.6 Å². The van der Waals surface area contributed by atoms with Crippen molar-refractivity contribution in [1.29, 1.82) is 0 Å². The van der Waals surface area contributed by atoms with E-state index in [-0.39, 0.29) is 35.7 Å². The van der Waals surface area contributed by atoms with Gasteiger partial charge < -0.3 is 15.0 Å². The summed E-state index contributed by atoms with van der Waals surface area (Å²) in [6, 6.07) is 9.40. The number of likely N-dealkylation sites (tertiary alicyclic amines) is 1. The molecule has 0 radical (unpaired) electrons. The van der Waals surface area contributed by atoms with Gasteiger partial charge >= 0.3 is 0 Å². The molecule has 7 nitrogen and oxygen atoms in total. The molecule has 182 valence electrons. The van der Waals surface area contributed by atoms with E-state index in [1.54, 1.807) is 23.1 Å². The van der Waals surface area contributed by atoms with Gasteiger partial charge in [-0.05, 0) is 61.7 Å². The van der Waals surface area contributed by atoms with E-state index >= 15 is 0 Å². The van der Waals surface area contributed by atoms with Gasteiger partial charge in [0.2, 0.25) is 5.91 Å². The highest BCUT2D eigenvalue weighted by Gasteiger charge is 2.30. The Labute approximate surface area is 203 Å². The monoisotopic (exact) mass is 508 g/mol. The molecule has 2 aromatic carbocycles. The second-order valence-corrected chi connectivity index (χ2v) is 10.2. The van der Waals surface area contributed by atoms with Crippen LogP contribution >= 0.6 is 11.6 Å². The second-order valence-electron chi connectivity index (χ2n) is 7.89. The number of hydrogen-bond donors (Lipinski definition) is 1. The Balaban J connectivity index is 1.52. The van der Waals surface area contributed by atoms with Gasteiger partial charge in [0.05, 0.1) is 23.5 Å². The summed E-state index contributed by atoms with van der Waals surface area (Å²) < 4.78 is 42.7. The molecular formula is C24H26ClFN2O5S. The summed E-state index contributed by atoms with van der Waals surface area (Å²) in [5, 5.41) is 4.27. The van der Waals surface area contributed by atoms with Crippen molar-refractivity contribution in [3.05, 3.63) is 70.4 Å². The highest BCUT2D eigenvalue weighted by Crippen LogP contribution is 2.26. The number of rotatable bonds is 8. The number of ether oxygens (including phenoxy) is 1. The third kappa shape index (κ3) is 6.57. The lowest BCUT2D eigenvalue weighted by atomic mass is 9.96. The molecule has 10 heteroatoms. The molecule has 1 atom stereocenters. The smallest absolute Gasteiger partial charge is 0.257 e. The normalized spacial score (nSPS) is 16.4. The van der Waals surface area contributed by atoms with E-state index in [0.29, 0.717) is 42.1 Å². The van der Waals surface area contributed by atoms with Gasteiger partial charge in [-0.2, -0.15) is 0 Å². The van der Waals surface area contributed by atoms with Gasteiger partial charge in [0.25, 0.3) is 5.91 Å². The van der Waals surface area contributed by atoms with E-state index in [4.69, 9.17) is 16.3 Å². The largest absolute Gasteiger partial charge is 0.496 e. The number of methoxy groups -OCH3 is 1. The minimum atomic E-state index is -3.67. The van der Waals surface area contributed by atoms with Gasteiger partial charge in [-0.1, -0.05) is 17.7 Å². The average Bonchev–Trinajstić information content (AvgIpc) is 2.83. The van der Waals surface area contributed by atoms with Crippen LogP contribution in [0.25, 0.3) is 0 Å². The lowest BCUT2D eigenvalue weighted by Crippen LogP contribution is -2.45. The van der Waals surface area contributed by atoms with Crippen molar-refractivity contribution in [2.45, 2.75) is 24.2 Å². The molecule has 0 spiro atoms. The van der Waals surface area contributed by atoms with Crippen LogP contribution in [0.1, 0.15) is 29.6 Å². The lowest BCUT2D eigenvalue weighted by molar-refractivity contribution is -0.126. The number of nitrogens with zero attached hydrogens (tertiary/aromatic N) is 1. The molecule has 0 aromatic heterocycles. The van der Waals surface area contributed by atoms with Crippen molar-refractivity contribution in [1.82, 2.24) is 10.2 Å². The summed E-state index contributed by atoms with van der Waals surface area (Å²) >= 11 is 6.04. The van der Waals surface area contributed by atoms with Crippen molar-refractivity contribution in [3.63, 3.8) is 0 Å². The number of sulfone groups is 1. The standard InChI is InChI=1S/C24H26ClFN2O5S/c1-33-22-11-6-18(25)15-21(22)24(30)28-13-4-5-17(16-28)23(29)27-12-2-3-14-34(31,32)20-9-7-19(26)8-10-20/h3,6-11,14-15,17H,2,4-5,12-13,16H2,1H3,(H,27,29)/b14-3+/t17-/m0/s1. The number of piperidine rings is 1. The van der Waals surface area contributed by atoms with Gasteiger partial charge in [0.1, 0.15) is 11.6 Å². The summed E-state index contributed by atoms with van der Waals surface area (Å²) in [6.07, 6.45) is 3.09. The molecule has 1 heterocycles. The molecule has 2 amide bonds. The van der Waals surface area contributed by atoms with E-state index in [0.717, 1.165) is 17.5 Å². The SMILES string of the molecule is COc1ccc(Cl)cc1C(=O)N1CCC[C@H](C(=O)NCC/C=C/S(=O)(=O)c2ccc(F)cc2)C1. The summed E-state index contributed by atoms with van der Waals surface area (Å²) in [4.78, 5) is 27.2. The van der Waals surface area contributed by atoms with Crippen LogP contribution in [0, 0.1) is 11.7 Å². The van der Waals surface area contributed by atoms with Crippen molar-refractivity contribution >= 4 is 33.3 Å². The number of benzene rings is 2. The summed E-state index contributed by atoms with van der Waals surface area (Å²) in [5.74, 6) is -0.894. The van der Waals surface area contributed by atoms with Crippen LogP contribution in [0.15, 0.2) is 58.8 Å². The van der Waals surface area contributed by atoms with Crippen molar-refractivity contribution in [2.24, 2.45) is 5.92 Å². The maximum atomic E-state index is 13.0. The van der Waals surface area contributed by atoms with Crippen LogP contribution in [0.5, 0.6) is 5.75 Å². The van der Waals surface area contributed by atoms with Crippen LogP contribution in [0.3, 0.4) is 0 Å². The van der Waals surface area contributed by atoms with Crippen LogP contribution in [0.4, 0.5) is 4.39 Å². The molecule has 1 N–H and O–H groups in total. The van der Waals surface area contributed by atoms with Crippen molar-refractivity contribution in [3.8, 4) is 5.75 Å². The fourth-order valence-corrected chi connectivity index (χ4v) is 4.95. The predicted molar refractivity (Wildman–Crippen MR) is 127 cm³/mol. The molecule has 0 unspecified atom stereocenters. The third-order valence-corrected chi connectivity index (χ3v) is 7.21. The highest BCUT2D eigenvalue weighted by atomic mass is 35.5. The first kappa shape index (κ1) is 25.7. The number of amides is 2. The Morgan fingerprint density at radius 2 is 1.97 bits per heavy atom. The van der Waals surface area contributed by atoms with Gasteiger partial charge in [0, 0.05) is 30.1 Å².